The molecule has 0 amide bonds. The van der Waals surface area contributed by atoms with Gasteiger partial charge in [0.1, 0.15) is 29.8 Å². The van der Waals surface area contributed by atoms with Gasteiger partial charge < -0.3 is 19.0 Å². The molecule has 0 radical (unpaired) electrons. The maximum absolute atomic E-state index is 12.2. The van der Waals surface area contributed by atoms with Gasteiger partial charge in [0.15, 0.2) is 6.10 Å². The summed E-state index contributed by atoms with van der Waals surface area (Å²) >= 11 is 3.45. The highest BCUT2D eigenvalue weighted by molar-refractivity contribution is 9.10. The Morgan fingerprint density at radius 1 is 1.44 bits per heavy atom. The maximum atomic E-state index is 12.2. The van der Waals surface area contributed by atoms with E-state index in [2.05, 4.69) is 21.1 Å². The van der Waals surface area contributed by atoms with E-state index in [1.165, 1.54) is 0 Å². The van der Waals surface area contributed by atoms with Crippen molar-refractivity contribution >= 4 is 27.6 Å². The predicted molar refractivity (Wildman–Crippen MR) is 98.0 cm³/mol. The molecule has 1 aliphatic rings. The number of oxime groups is 1. The third-order valence-corrected chi connectivity index (χ3v) is 3.81. The van der Waals surface area contributed by atoms with Crippen molar-refractivity contribution in [1.29, 1.82) is 0 Å². The van der Waals surface area contributed by atoms with Gasteiger partial charge in [-0.05, 0) is 52.8 Å². The molecule has 0 fully saturated rings. The van der Waals surface area contributed by atoms with Crippen LogP contribution in [-0.2, 0) is 19.1 Å². The fourth-order valence-electron chi connectivity index (χ4n) is 2.29. The zero-order chi connectivity index (χ0) is 18.6. The fourth-order valence-corrected chi connectivity index (χ4v) is 2.65. The lowest BCUT2D eigenvalue weighted by molar-refractivity contribution is -0.162. The molecule has 1 heterocycles. The Bertz CT molecular complexity index is 653. The molecule has 0 saturated heterocycles. The van der Waals surface area contributed by atoms with Gasteiger partial charge in [0.25, 0.3) is 0 Å². The van der Waals surface area contributed by atoms with Gasteiger partial charge in [0.05, 0.1) is 0 Å². The van der Waals surface area contributed by atoms with Crippen LogP contribution in [-0.4, -0.2) is 42.7 Å². The largest absolute Gasteiger partial charge is 0.478 e. The molecule has 0 bridgehead atoms. The molecule has 25 heavy (non-hydrogen) atoms. The SMILES string of the molecule is CCOC1CON=C1c1cc(Br)ccc1OC(C)C(=O)OC(C)(C)C. The van der Waals surface area contributed by atoms with Crippen LogP contribution in [0.2, 0.25) is 0 Å². The van der Waals surface area contributed by atoms with Crippen molar-refractivity contribution in [2.24, 2.45) is 5.16 Å². The summed E-state index contributed by atoms with van der Waals surface area (Å²) in [6.07, 6.45) is -1.02. The number of esters is 1. The van der Waals surface area contributed by atoms with Gasteiger partial charge in [-0.2, -0.15) is 0 Å². The first kappa shape index (κ1) is 19.7. The van der Waals surface area contributed by atoms with Crippen LogP contribution in [0.4, 0.5) is 0 Å². The molecule has 138 valence electrons. The topological polar surface area (TPSA) is 66.3 Å². The molecule has 2 unspecified atom stereocenters. The van der Waals surface area contributed by atoms with Crippen LogP contribution in [0.25, 0.3) is 0 Å². The van der Waals surface area contributed by atoms with Gasteiger partial charge in [-0.1, -0.05) is 21.1 Å². The van der Waals surface area contributed by atoms with E-state index in [0.29, 0.717) is 24.7 Å². The average molecular weight is 414 g/mol. The third kappa shape index (κ3) is 5.44. The summed E-state index contributed by atoms with van der Waals surface area (Å²) in [6, 6.07) is 5.49. The summed E-state index contributed by atoms with van der Waals surface area (Å²) in [6.45, 7) is 9.94. The molecule has 0 spiro atoms. The number of carbonyl (C=O) groups is 1. The van der Waals surface area contributed by atoms with Crippen LogP contribution in [0.15, 0.2) is 27.8 Å². The summed E-state index contributed by atoms with van der Waals surface area (Å²) < 4.78 is 17.8. The van der Waals surface area contributed by atoms with Crippen LogP contribution in [0.3, 0.4) is 0 Å². The summed E-state index contributed by atoms with van der Waals surface area (Å²) in [7, 11) is 0. The molecule has 7 heteroatoms. The highest BCUT2D eigenvalue weighted by atomic mass is 79.9. The van der Waals surface area contributed by atoms with Gasteiger partial charge in [0, 0.05) is 16.6 Å². The quantitative estimate of drug-likeness (QED) is 0.665. The summed E-state index contributed by atoms with van der Waals surface area (Å²) in [5, 5.41) is 4.09. The average Bonchev–Trinajstić information content (AvgIpc) is 2.95. The van der Waals surface area contributed by atoms with Crippen LogP contribution in [0.5, 0.6) is 5.75 Å². The first-order valence-corrected chi connectivity index (χ1v) is 9.01. The highest BCUT2D eigenvalue weighted by Crippen LogP contribution is 2.28. The van der Waals surface area contributed by atoms with Gasteiger partial charge >= 0.3 is 5.97 Å². The van der Waals surface area contributed by atoms with Crippen molar-refractivity contribution in [3.63, 3.8) is 0 Å². The van der Waals surface area contributed by atoms with Crippen molar-refractivity contribution < 1.29 is 23.8 Å². The number of rotatable bonds is 6. The number of carbonyl (C=O) groups excluding carboxylic acids is 1. The van der Waals surface area contributed by atoms with Crippen LogP contribution >= 0.6 is 15.9 Å². The molecule has 2 atom stereocenters. The number of halogens is 1. The molecule has 0 aromatic heterocycles. The van der Waals surface area contributed by atoms with Crippen molar-refractivity contribution in [3.05, 3.63) is 28.2 Å². The standard InChI is InChI=1S/C18H24BrNO5/c1-6-22-15-10-23-20-16(15)13-9-12(19)7-8-14(13)24-11(2)17(21)25-18(3,4)5/h7-9,11,15H,6,10H2,1-5H3. The zero-order valence-electron chi connectivity index (χ0n) is 15.2. The molecular formula is C18H24BrNO5. The Kier molecular flexibility index (Phi) is 6.46. The Balaban J connectivity index is 2.23. The molecule has 1 aliphatic heterocycles. The minimum atomic E-state index is -0.757. The molecule has 0 aliphatic carbocycles. The summed E-state index contributed by atoms with van der Waals surface area (Å²) in [5.74, 6) is 0.0999. The van der Waals surface area contributed by atoms with Crippen molar-refractivity contribution in [1.82, 2.24) is 0 Å². The minimum Gasteiger partial charge on any atom is -0.478 e. The smallest absolute Gasteiger partial charge is 0.347 e. The zero-order valence-corrected chi connectivity index (χ0v) is 16.8. The first-order valence-electron chi connectivity index (χ1n) is 8.22. The van der Waals surface area contributed by atoms with Crippen molar-refractivity contribution in [2.75, 3.05) is 13.2 Å². The minimum absolute atomic E-state index is 0.265. The van der Waals surface area contributed by atoms with Crippen molar-refractivity contribution in [2.45, 2.75) is 52.4 Å². The third-order valence-electron chi connectivity index (χ3n) is 3.32. The van der Waals surface area contributed by atoms with E-state index in [0.717, 1.165) is 10.0 Å². The fraction of sp³-hybridized carbons (Fsp3) is 0.556. The van der Waals surface area contributed by atoms with Crippen LogP contribution in [0, 0.1) is 0 Å². The first-order chi connectivity index (χ1) is 11.7. The maximum Gasteiger partial charge on any atom is 0.347 e. The van der Waals surface area contributed by atoms with Crippen LogP contribution < -0.4 is 4.74 Å². The molecular weight excluding hydrogens is 390 g/mol. The number of hydrogen-bond donors (Lipinski definition) is 0. The van der Waals surface area contributed by atoms with E-state index in [9.17, 15) is 4.79 Å². The number of hydrogen-bond acceptors (Lipinski definition) is 6. The molecule has 0 N–H and O–H groups in total. The number of nitrogens with zero attached hydrogens (tertiary/aromatic N) is 1. The van der Waals surface area contributed by atoms with Crippen LogP contribution in [0.1, 0.15) is 40.2 Å². The normalized spacial score (nSPS) is 18.3. The molecule has 1 aromatic rings. The van der Waals surface area contributed by atoms with Gasteiger partial charge in [0.2, 0.25) is 0 Å². The van der Waals surface area contributed by atoms with E-state index in [1.54, 1.807) is 13.0 Å². The number of benzene rings is 1. The summed E-state index contributed by atoms with van der Waals surface area (Å²) in [4.78, 5) is 17.4. The van der Waals surface area contributed by atoms with Gasteiger partial charge in [-0.15, -0.1) is 0 Å². The molecule has 6 nitrogen and oxygen atoms in total. The Hall–Kier alpha value is -1.60. The number of ether oxygens (including phenoxy) is 3. The monoisotopic (exact) mass is 413 g/mol. The van der Waals surface area contributed by atoms with Gasteiger partial charge in [-0.3, -0.25) is 0 Å². The van der Waals surface area contributed by atoms with E-state index in [-0.39, 0.29) is 6.10 Å². The summed E-state index contributed by atoms with van der Waals surface area (Å²) in [5.41, 5.74) is 0.802. The van der Waals surface area contributed by atoms with E-state index < -0.39 is 17.7 Å². The van der Waals surface area contributed by atoms with Crippen molar-refractivity contribution in [3.8, 4) is 5.75 Å². The lowest BCUT2D eigenvalue weighted by atomic mass is 10.0. The Morgan fingerprint density at radius 2 is 2.16 bits per heavy atom. The Labute approximate surface area is 156 Å². The second-order valence-corrected chi connectivity index (χ2v) is 7.57. The highest BCUT2D eigenvalue weighted by Gasteiger charge is 2.30. The van der Waals surface area contributed by atoms with E-state index in [4.69, 9.17) is 19.0 Å². The predicted octanol–water partition coefficient (Wildman–Crippen LogP) is 3.70. The Morgan fingerprint density at radius 3 is 2.80 bits per heavy atom. The molecule has 0 saturated carbocycles. The second-order valence-electron chi connectivity index (χ2n) is 6.65. The lowest BCUT2D eigenvalue weighted by Gasteiger charge is -2.23. The van der Waals surface area contributed by atoms with E-state index in [1.807, 2.05) is 39.8 Å². The molecule has 2 rings (SSSR count). The second kappa shape index (κ2) is 8.19. The molecule has 1 aromatic carbocycles. The van der Waals surface area contributed by atoms with Gasteiger partial charge in [-0.25, -0.2) is 4.79 Å². The van der Waals surface area contributed by atoms with E-state index >= 15 is 0 Å². The lowest BCUT2D eigenvalue weighted by Crippen LogP contribution is -2.34.